The molecule has 1 aliphatic rings. The highest BCUT2D eigenvalue weighted by Gasteiger charge is 2.16. The van der Waals surface area contributed by atoms with Crippen LogP contribution in [0.25, 0.3) is 0 Å². The molecule has 1 aromatic rings. The van der Waals surface area contributed by atoms with E-state index in [0.29, 0.717) is 6.61 Å². The zero-order valence-electron chi connectivity index (χ0n) is 9.98. The molecule has 1 fully saturated rings. The molecule has 1 aromatic carbocycles. The molecule has 0 unspecified atom stereocenters. The fourth-order valence-corrected chi connectivity index (χ4v) is 2.58. The lowest BCUT2D eigenvalue weighted by molar-refractivity contribution is 0.216. The fourth-order valence-electron chi connectivity index (χ4n) is 2.20. The predicted molar refractivity (Wildman–Crippen MR) is 74.5 cm³/mol. The maximum atomic E-state index is 8.82. The van der Waals surface area contributed by atoms with Gasteiger partial charge in [0.25, 0.3) is 0 Å². The molecular formula is C13H19BrN2O. The van der Waals surface area contributed by atoms with E-state index in [-0.39, 0.29) is 0 Å². The minimum absolute atomic E-state index is 0.297. The van der Waals surface area contributed by atoms with E-state index >= 15 is 0 Å². The number of halogens is 1. The molecule has 0 bridgehead atoms. The molecule has 1 N–H and O–H groups in total. The lowest BCUT2D eigenvalue weighted by Gasteiger charge is -2.36. The molecule has 3 nitrogen and oxygen atoms in total. The van der Waals surface area contributed by atoms with Crippen LogP contribution in [0.15, 0.2) is 28.7 Å². The highest BCUT2D eigenvalue weighted by Crippen LogP contribution is 2.21. The minimum atomic E-state index is 0.297. The molecule has 0 saturated carbocycles. The Morgan fingerprint density at radius 2 is 1.94 bits per heavy atom. The molecule has 1 heterocycles. The van der Waals surface area contributed by atoms with E-state index in [1.165, 1.54) is 5.69 Å². The van der Waals surface area contributed by atoms with Crippen LogP contribution < -0.4 is 4.90 Å². The largest absolute Gasteiger partial charge is 0.396 e. The molecule has 0 amide bonds. The Morgan fingerprint density at radius 3 is 2.59 bits per heavy atom. The van der Waals surface area contributed by atoms with Crippen LogP contribution in [0.5, 0.6) is 0 Å². The van der Waals surface area contributed by atoms with E-state index in [1.54, 1.807) is 0 Å². The van der Waals surface area contributed by atoms with Crippen LogP contribution in [0.2, 0.25) is 0 Å². The van der Waals surface area contributed by atoms with Gasteiger partial charge < -0.3 is 10.0 Å². The summed E-state index contributed by atoms with van der Waals surface area (Å²) in [6, 6.07) is 8.47. The first-order valence-corrected chi connectivity index (χ1v) is 6.92. The number of hydrogen-bond donors (Lipinski definition) is 1. The third-order valence-electron chi connectivity index (χ3n) is 3.18. The third kappa shape index (κ3) is 3.69. The zero-order valence-corrected chi connectivity index (χ0v) is 11.6. The molecule has 0 radical (unpaired) electrons. The molecule has 4 heteroatoms. The van der Waals surface area contributed by atoms with Gasteiger partial charge in [0.05, 0.1) is 0 Å². The first kappa shape index (κ1) is 12.9. The van der Waals surface area contributed by atoms with Gasteiger partial charge in [-0.25, -0.2) is 0 Å². The van der Waals surface area contributed by atoms with Crippen LogP contribution in [0.3, 0.4) is 0 Å². The Hall–Kier alpha value is -0.580. The van der Waals surface area contributed by atoms with E-state index in [0.717, 1.165) is 43.6 Å². The number of piperazine rings is 1. The van der Waals surface area contributed by atoms with Gasteiger partial charge in [0.1, 0.15) is 0 Å². The highest BCUT2D eigenvalue weighted by molar-refractivity contribution is 9.10. The van der Waals surface area contributed by atoms with Crippen molar-refractivity contribution in [1.82, 2.24) is 4.90 Å². The summed E-state index contributed by atoms with van der Waals surface area (Å²) in [5, 5.41) is 8.82. The second-order valence-corrected chi connectivity index (χ2v) is 5.30. The van der Waals surface area contributed by atoms with Gasteiger partial charge in [-0.15, -0.1) is 0 Å². The van der Waals surface area contributed by atoms with Crippen molar-refractivity contribution in [2.75, 3.05) is 44.2 Å². The Kier molecular flexibility index (Phi) is 4.83. The van der Waals surface area contributed by atoms with Gasteiger partial charge in [0.15, 0.2) is 0 Å². The van der Waals surface area contributed by atoms with E-state index in [1.807, 2.05) is 0 Å². The van der Waals surface area contributed by atoms with Crippen LogP contribution in [-0.4, -0.2) is 49.3 Å². The van der Waals surface area contributed by atoms with E-state index < -0.39 is 0 Å². The Balaban J connectivity index is 1.86. The molecule has 17 heavy (non-hydrogen) atoms. The molecule has 0 aromatic heterocycles. The van der Waals surface area contributed by atoms with Gasteiger partial charge in [-0.2, -0.15) is 0 Å². The third-order valence-corrected chi connectivity index (χ3v) is 3.67. The SMILES string of the molecule is OCCCN1CCN(c2cccc(Br)c2)CC1. The quantitative estimate of drug-likeness (QED) is 0.920. The van der Waals surface area contributed by atoms with Crippen molar-refractivity contribution in [2.45, 2.75) is 6.42 Å². The Bertz CT molecular complexity index is 351. The topological polar surface area (TPSA) is 26.7 Å². The second kappa shape index (κ2) is 6.38. The van der Waals surface area contributed by atoms with Crippen molar-refractivity contribution in [1.29, 1.82) is 0 Å². The maximum absolute atomic E-state index is 8.82. The maximum Gasteiger partial charge on any atom is 0.0443 e. The number of anilines is 1. The average Bonchev–Trinajstić information content (AvgIpc) is 2.37. The van der Waals surface area contributed by atoms with Crippen molar-refractivity contribution < 1.29 is 5.11 Å². The van der Waals surface area contributed by atoms with E-state index in [2.05, 4.69) is 50.0 Å². The zero-order chi connectivity index (χ0) is 12.1. The Labute approximate surface area is 111 Å². The predicted octanol–water partition coefficient (Wildman–Crippen LogP) is 1.95. The van der Waals surface area contributed by atoms with E-state index in [9.17, 15) is 0 Å². The first-order valence-electron chi connectivity index (χ1n) is 6.13. The molecule has 2 rings (SSSR count). The molecule has 94 valence electrons. The number of rotatable bonds is 4. The first-order chi connectivity index (χ1) is 8.29. The fraction of sp³-hybridized carbons (Fsp3) is 0.538. The van der Waals surface area contributed by atoms with Gasteiger partial charge in [0.2, 0.25) is 0 Å². The van der Waals surface area contributed by atoms with Gasteiger partial charge in [-0.05, 0) is 24.6 Å². The number of aliphatic hydroxyl groups excluding tert-OH is 1. The molecular weight excluding hydrogens is 280 g/mol. The van der Waals surface area contributed by atoms with Gasteiger partial charge in [-0.1, -0.05) is 22.0 Å². The van der Waals surface area contributed by atoms with Crippen molar-refractivity contribution in [3.63, 3.8) is 0 Å². The summed E-state index contributed by atoms with van der Waals surface area (Å²) in [7, 11) is 0. The number of nitrogens with zero attached hydrogens (tertiary/aromatic N) is 2. The Morgan fingerprint density at radius 1 is 1.18 bits per heavy atom. The number of hydrogen-bond acceptors (Lipinski definition) is 3. The van der Waals surface area contributed by atoms with Crippen molar-refractivity contribution >= 4 is 21.6 Å². The summed E-state index contributed by atoms with van der Waals surface area (Å²) in [5.74, 6) is 0. The summed E-state index contributed by atoms with van der Waals surface area (Å²) in [6.45, 7) is 5.64. The lowest BCUT2D eigenvalue weighted by Crippen LogP contribution is -2.46. The van der Waals surface area contributed by atoms with Gasteiger partial charge in [-0.3, -0.25) is 4.90 Å². The van der Waals surface area contributed by atoms with Crippen LogP contribution in [0.4, 0.5) is 5.69 Å². The minimum Gasteiger partial charge on any atom is -0.396 e. The standard InChI is InChI=1S/C13H19BrN2O/c14-12-3-1-4-13(11-12)16-8-6-15(7-9-16)5-2-10-17/h1,3-4,11,17H,2,5-10H2. The second-order valence-electron chi connectivity index (χ2n) is 4.39. The van der Waals surface area contributed by atoms with Crippen LogP contribution in [-0.2, 0) is 0 Å². The summed E-state index contributed by atoms with van der Waals surface area (Å²) in [5.41, 5.74) is 1.29. The van der Waals surface area contributed by atoms with Gasteiger partial charge >= 0.3 is 0 Å². The van der Waals surface area contributed by atoms with Crippen LogP contribution >= 0.6 is 15.9 Å². The summed E-state index contributed by atoms with van der Waals surface area (Å²) in [4.78, 5) is 4.84. The number of benzene rings is 1. The lowest BCUT2D eigenvalue weighted by atomic mass is 10.2. The normalized spacial score (nSPS) is 17.4. The van der Waals surface area contributed by atoms with Crippen LogP contribution in [0.1, 0.15) is 6.42 Å². The summed E-state index contributed by atoms with van der Waals surface area (Å²) in [6.07, 6.45) is 0.886. The summed E-state index contributed by atoms with van der Waals surface area (Å²) >= 11 is 3.51. The van der Waals surface area contributed by atoms with Crippen LogP contribution in [0, 0.1) is 0 Å². The highest BCUT2D eigenvalue weighted by atomic mass is 79.9. The van der Waals surface area contributed by atoms with Crippen molar-refractivity contribution in [3.8, 4) is 0 Å². The molecule has 1 saturated heterocycles. The van der Waals surface area contributed by atoms with Crippen molar-refractivity contribution in [3.05, 3.63) is 28.7 Å². The average molecular weight is 299 g/mol. The smallest absolute Gasteiger partial charge is 0.0443 e. The monoisotopic (exact) mass is 298 g/mol. The van der Waals surface area contributed by atoms with Gasteiger partial charge in [0, 0.05) is 49.5 Å². The molecule has 0 spiro atoms. The number of aliphatic hydroxyl groups is 1. The van der Waals surface area contributed by atoms with Crippen molar-refractivity contribution in [2.24, 2.45) is 0 Å². The molecule has 0 atom stereocenters. The summed E-state index contributed by atoms with van der Waals surface area (Å²) < 4.78 is 1.14. The molecule has 0 aliphatic carbocycles. The van der Waals surface area contributed by atoms with E-state index in [4.69, 9.17) is 5.11 Å². The molecule has 1 aliphatic heterocycles.